The molecule has 104 valence electrons. The first-order chi connectivity index (χ1) is 9.58. The van der Waals surface area contributed by atoms with Crippen LogP contribution in [-0.2, 0) is 6.54 Å². The Labute approximate surface area is 119 Å². The van der Waals surface area contributed by atoms with Crippen molar-refractivity contribution in [1.82, 2.24) is 24.3 Å². The average molecular weight is 289 g/mol. The van der Waals surface area contributed by atoms with E-state index in [1.165, 1.54) is 17.7 Å². The second kappa shape index (κ2) is 4.82. The maximum Gasteiger partial charge on any atom is 0.271 e. The molecule has 7 heteroatoms. The minimum absolute atomic E-state index is 0.0218. The largest absolute Gasteiger partial charge is 0.290 e. The van der Waals surface area contributed by atoms with Crippen molar-refractivity contribution in [2.75, 3.05) is 0 Å². The van der Waals surface area contributed by atoms with Crippen LogP contribution in [0.5, 0.6) is 0 Å². The standard InChI is InChI=1S/C13H15N5OS/c1-8(2)18-10(14-6-16-18)4-17-7-15-11-9(3)5-20-12(11)13(17)19/h5-8H,4H2,1-3H3. The SMILES string of the molecule is Cc1csc2c(=O)n(Cc3ncnn3C(C)C)cnc12. The Bertz CT molecular complexity index is 814. The smallest absolute Gasteiger partial charge is 0.271 e. The van der Waals surface area contributed by atoms with E-state index in [-0.39, 0.29) is 11.6 Å². The van der Waals surface area contributed by atoms with Crippen LogP contribution in [0.1, 0.15) is 31.3 Å². The molecule has 0 fully saturated rings. The molecule has 0 radical (unpaired) electrons. The topological polar surface area (TPSA) is 65.6 Å². The third kappa shape index (κ3) is 2.03. The lowest BCUT2D eigenvalue weighted by molar-refractivity contribution is 0.493. The number of thiophene rings is 1. The lowest BCUT2D eigenvalue weighted by Gasteiger charge is -2.10. The third-order valence-electron chi connectivity index (χ3n) is 3.17. The first kappa shape index (κ1) is 13.0. The fourth-order valence-electron chi connectivity index (χ4n) is 2.14. The van der Waals surface area contributed by atoms with E-state index < -0.39 is 0 Å². The van der Waals surface area contributed by atoms with Gasteiger partial charge in [-0.3, -0.25) is 9.36 Å². The Morgan fingerprint density at radius 1 is 1.35 bits per heavy atom. The number of hydrogen-bond donors (Lipinski definition) is 0. The summed E-state index contributed by atoms with van der Waals surface area (Å²) in [6.07, 6.45) is 3.10. The summed E-state index contributed by atoms with van der Waals surface area (Å²) in [6, 6.07) is 0.212. The molecule has 0 N–H and O–H groups in total. The van der Waals surface area contributed by atoms with Gasteiger partial charge in [-0.15, -0.1) is 11.3 Å². The number of hydrogen-bond acceptors (Lipinski definition) is 5. The molecule has 0 atom stereocenters. The molecule has 0 bridgehead atoms. The number of aryl methyl sites for hydroxylation is 1. The third-order valence-corrected chi connectivity index (χ3v) is 4.25. The van der Waals surface area contributed by atoms with Gasteiger partial charge in [-0.1, -0.05) is 0 Å². The molecule has 0 spiro atoms. The van der Waals surface area contributed by atoms with Gasteiger partial charge in [-0.25, -0.2) is 14.6 Å². The minimum atomic E-state index is -0.0218. The highest BCUT2D eigenvalue weighted by molar-refractivity contribution is 7.17. The predicted octanol–water partition coefficient (Wildman–Crippen LogP) is 1.99. The van der Waals surface area contributed by atoms with Crippen molar-refractivity contribution in [2.24, 2.45) is 0 Å². The molecule has 0 amide bonds. The molecule has 6 nitrogen and oxygen atoms in total. The van der Waals surface area contributed by atoms with Crippen molar-refractivity contribution >= 4 is 21.6 Å². The van der Waals surface area contributed by atoms with Crippen LogP contribution in [0.3, 0.4) is 0 Å². The summed E-state index contributed by atoms with van der Waals surface area (Å²) >= 11 is 1.44. The van der Waals surface area contributed by atoms with Crippen molar-refractivity contribution in [1.29, 1.82) is 0 Å². The maximum absolute atomic E-state index is 12.4. The normalized spacial score (nSPS) is 11.6. The molecule has 3 heterocycles. The van der Waals surface area contributed by atoms with Gasteiger partial charge < -0.3 is 0 Å². The Balaban J connectivity index is 2.05. The van der Waals surface area contributed by atoms with Crippen LogP contribution in [0.4, 0.5) is 0 Å². The van der Waals surface area contributed by atoms with Gasteiger partial charge in [0, 0.05) is 6.04 Å². The Hall–Kier alpha value is -2.02. The summed E-state index contributed by atoms with van der Waals surface area (Å²) in [5.41, 5.74) is 1.81. The molecule has 0 aliphatic rings. The first-order valence-corrected chi connectivity index (χ1v) is 7.27. The van der Waals surface area contributed by atoms with Gasteiger partial charge in [-0.2, -0.15) is 5.10 Å². The van der Waals surface area contributed by atoms with Crippen LogP contribution in [0.25, 0.3) is 10.2 Å². The lowest BCUT2D eigenvalue weighted by Crippen LogP contribution is -2.23. The van der Waals surface area contributed by atoms with E-state index in [2.05, 4.69) is 15.1 Å². The molecular formula is C13H15N5OS. The van der Waals surface area contributed by atoms with Crippen LogP contribution >= 0.6 is 11.3 Å². The maximum atomic E-state index is 12.4. The predicted molar refractivity (Wildman–Crippen MR) is 78.1 cm³/mol. The minimum Gasteiger partial charge on any atom is -0.290 e. The Kier molecular flexibility index (Phi) is 3.13. The second-order valence-electron chi connectivity index (χ2n) is 4.99. The van der Waals surface area contributed by atoms with Crippen molar-refractivity contribution in [2.45, 2.75) is 33.4 Å². The van der Waals surface area contributed by atoms with Crippen molar-refractivity contribution in [3.8, 4) is 0 Å². The number of aromatic nitrogens is 5. The van der Waals surface area contributed by atoms with Crippen LogP contribution in [0, 0.1) is 6.92 Å². The van der Waals surface area contributed by atoms with Crippen LogP contribution in [0.2, 0.25) is 0 Å². The quantitative estimate of drug-likeness (QED) is 0.739. The van der Waals surface area contributed by atoms with Gasteiger partial charge in [-0.05, 0) is 31.7 Å². The summed E-state index contributed by atoms with van der Waals surface area (Å²) < 4.78 is 4.10. The summed E-state index contributed by atoms with van der Waals surface area (Å²) in [6.45, 7) is 6.41. The molecule has 0 aliphatic carbocycles. The first-order valence-electron chi connectivity index (χ1n) is 6.39. The van der Waals surface area contributed by atoms with E-state index in [1.54, 1.807) is 10.9 Å². The van der Waals surface area contributed by atoms with Crippen LogP contribution in [-0.4, -0.2) is 24.3 Å². The molecule has 0 saturated heterocycles. The van der Waals surface area contributed by atoms with Gasteiger partial charge in [0.2, 0.25) is 0 Å². The molecular weight excluding hydrogens is 274 g/mol. The van der Waals surface area contributed by atoms with E-state index in [0.717, 1.165) is 16.9 Å². The van der Waals surface area contributed by atoms with Gasteiger partial charge in [0.25, 0.3) is 5.56 Å². The van der Waals surface area contributed by atoms with Crippen molar-refractivity contribution < 1.29 is 0 Å². The molecule has 20 heavy (non-hydrogen) atoms. The fourth-order valence-corrected chi connectivity index (χ4v) is 3.09. The van der Waals surface area contributed by atoms with Gasteiger partial charge in [0.05, 0.1) is 18.4 Å². The highest BCUT2D eigenvalue weighted by atomic mass is 32.1. The monoisotopic (exact) mass is 289 g/mol. The molecule has 3 aromatic rings. The number of fused-ring (bicyclic) bond motifs is 1. The highest BCUT2D eigenvalue weighted by Gasteiger charge is 2.12. The Morgan fingerprint density at radius 3 is 2.90 bits per heavy atom. The van der Waals surface area contributed by atoms with Gasteiger partial charge >= 0.3 is 0 Å². The fraction of sp³-hybridized carbons (Fsp3) is 0.385. The second-order valence-corrected chi connectivity index (χ2v) is 5.87. The molecule has 0 unspecified atom stereocenters. The van der Waals surface area contributed by atoms with Crippen molar-refractivity contribution in [3.05, 3.63) is 39.8 Å². The van der Waals surface area contributed by atoms with E-state index in [1.807, 2.05) is 30.8 Å². The summed E-state index contributed by atoms with van der Waals surface area (Å²) in [7, 11) is 0. The van der Waals surface area contributed by atoms with E-state index in [0.29, 0.717) is 11.2 Å². The van der Waals surface area contributed by atoms with E-state index >= 15 is 0 Å². The molecule has 3 rings (SSSR count). The summed E-state index contributed by atoms with van der Waals surface area (Å²) in [5.74, 6) is 0.761. The van der Waals surface area contributed by atoms with E-state index in [9.17, 15) is 4.79 Å². The summed E-state index contributed by atoms with van der Waals surface area (Å²) in [4.78, 5) is 21.0. The average Bonchev–Trinajstić information content (AvgIpc) is 3.00. The van der Waals surface area contributed by atoms with Crippen LogP contribution in [0.15, 0.2) is 22.8 Å². The van der Waals surface area contributed by atoms with Crippen LogP contribution < -0.4 is 5.56 Å². The Morgan fingerprint density at radius 2 is 2.15 bits per heavy atom. The molecule has 0 aromatic carbocycles. The van der Waals surface area contributed by atoms with Gasteiger partial charge in [0.15, 0.2) is 0 Å². The zero-order valence-electron chi connectivity index (χ0n) is 11.6. The zero-order valence-corrected chi connectivity index (χ0v) is 12.4. The van der Waals surface area contributed by atoms with E-state index in [4.69, 9.17) is 0 Å². The van der Waals surface area contributed by atoms with Crippen molar-refractivity contribution in [3.63, 3.8) is 0 Å². The molecule has 0 aliphatic heterocycles. The molecule has 0 saturated carbocycles. The number of rotatable bonds is 3. The molecule has 3 aromatic heterocycles. The summed E-state index contributed by atoms with van der Waals surface area (Å²) in [5, 5.41) is 6.14. The highest BCUT2D eigenvalue weighted by Crippen LogP contribution is 2.19. The number of nitrogens with zero attached hydrogens (tertiary/aromatic N) is 5. The van der Waals surface area contributed by atoms with Gasteiger partial charge in [0.1, 0.15) is 16.9 Å². The lowest BCUT2D eigenvalue weighted by atomic mass is 10.3. The zero-order chi connectivity index (χ0) is 14.3.